The summed E-state index contributed by atoms with van der Waals surface area (Å²) in [7, 11) is 0. The van der Waals surface area contributed by atoms with Gasteiger partial charge >= 0.3 is 0 Å². The van der Waals surface area contributed by atoms with Crippen LogP contribution in [0.25, 0.3) is 11.0 Å². The first-order valence-electron chi connectivity index (χ1n) is 8.19. The Balaban J connectivity index is 1.39. The van der Waals surface area contributed by atoms with E-state index in [0.29, 0.717) is 5.92 Å². The van der Waals surface area contributed by atoms with E-state index in [0.717, 1.165) is 54.4 Å². The SMILES string of the molecule is Clc1ccc(CN2CCC(c3nc4ccccc4[nH]3)CC2)cc1. The number of rotatable bonds is 3. The lowest BCUT2D eigenvalue weighted by atomic mass is 9.96. The highest BCUT2D eigenvalue weighted by Gasteiger charge is 2.23. The number of nitrogens with one attached hydrogen (secondary N) is 1. The first kappa shape index (κ1) is 14.7. The van der Waals surface area contributed by atoms with Crippen LogP contribution in [0.2, 0.25) is 5.02 Å². The van der Waals surface area contributed by atoms with Gasteiger partial charge in [-0.15, -0.1) is 0 Å². The normalized spacial score (nSPS) is 16.9. The van der Waals surface area contributed by atoms with Crippen molar-refractivity contribution in [1.82, 2.24) is 14.9 Å². The number of fused-ring (bicyclic) bond motifs is 1. The van der Waals surface area contributed by atoms with Gasteiger partial charge in [0.25, 0.3) is 0 Å². The topological polar surface area (TPSA) is 31.9 Å². The molecule has 23 heavy (non-hydrogen) atoms. The molecular weight excluding hydrogens is 306 g/mol. The summed E-state index contributed by atoms with van der Waals surface area (Å²) in [6, 6.07) is 16.4. The van der Waals surface area contributed by atoms with Crippen molar-refractivity contribution in [3.05, 3.63) is 64.9 Å². The van der Waals surface area contributed by atoms with Crippen LogP contribution in [0.15, 0.2) is 48.5 Å². The third-order valence-electron chi connectivity index (χ3n) is 4.70. The smallest absolute Gasteiger partial charge is 0.110 e. The molecule has 4 heteroatoms. The molecular formula is C19H20ClN3. The first-order chi connectivity index (χ1) is 11.3. The van der Waals surface area contributed by atoms with E-state index in [1.54, 1.807) is 0 Å². The zero-order chi connectivity index (χ0) is 15.6. The number of piperidine rings is 1. The molecule has 0 aliphatic carbocycles. The summed E-state index contributed by atoms with van der Waals surface area (Å²) in [5.41, 5.74) is 3.55. The Bertz CT molecular complexity index is 753. The van der Waals surface area contributed by atoms with Crippen molar-refractivity contribution in [2.45, 2.75) is 25.3 Å². The molecule has 0 radical (unpaired) electrons. The van der Waals surface area contributed by atoms with E-state index >= 15 is 0 Å². The van der Waals surface area contributed by atoms with Crippen molar-refractivity contribution in [1.29, 1.82) is 0 Å². The van der Waals surface area contributed by atoms with Crippen LogP contribution in [0, 0.1) is 0 Å². The van der Waals surface area contributed by atoms with E-state index < -0.39 is 0 Å². The fraction of sp³-hybridized carbons (Fsp3) is 0.316. The summed E-state index contributed by atoms with van der Waals surface area (Å²) in [6.07, 6.45) is 2.32. The molecule has 3 aromatic rings. The Morgan fingerprint density at radius 1 is 1.04 bits per heavy atom. The molecule has 1 saturated heterocycles. The van der Waals surface area contributed by atoms with Gasteiger partial charge in [0.1, 0.15) is 5.82 Å². The Hall–Kier alpha value is -1.84. The molecule has 1 N–H and O–H groups in total. The summed E-state index contributed by atoms with van der Waals surface area (Å²) in [6.45, 7) is 3.23. The van der Waals surface area contributed by atoms with Crippen LogP contribution in [0.1, 0.15) is 30.1 Å². The molecule has 0 saturated carbocycles. The standard InChI is InChI=1S/C19H20ClN3/c20-16-7-5-14(6-8-16)13-23-11-9-15(10-12-23)19-21-17-3-1-2-4-18(17)22-19/h1-8,15H,9-13H2,(H,21,22). The van der Waals surface area contributed by atoms with Crippen molar-refractivity contribution in [2.24, 2.45) is 0 Å². The van der Waals surface area contributed by atoms with Crippen LogP contribution in [-0.4, -0.2) is 28.0 Å². The van der Waals surface area contributed by atoms with Gasteiger partial charge in [0.2, 0.25) is 0 Å². The van der Waals surface area contributed by atoms with Gasteiger partial charge in [-0.05, 0) is 55.8 Å². The number of aromatic nitrogens is 2. The second-order valence-corrected chi connectivity index (χ2v) is 6.75. The second kappa shape index (κ2) is 6.34. The minimum atomic E-state index is 0.545. The summed E-state index contributed by atoms with van der Waals surface area (Å²) >= 11 is 5.95. The van der Waals surface area contributed by atoms with Gasteiger partial charge in [-0.2, -0.15) is 0 Å². The summed E-state index contributed by atoms with van der Waals surface area (Å²) in [4.78, 5) is 10.8. The van der Waals surface area contributed by atoms with Gasteiger partial charge in [0, 0.05) is 17.5 Å². The predicted octanol–water partition coefficient (Wildman–Crippen LogP) is 4.60. The number of benzene rings is 2. The summed E-state index contributed by atoms with van der Waals surface area (Å²) in [5.74, 6) is 1.70. The quantitative estimate of drug-likeness (QED) is 0.763. The molecule has 118 valence electrons. The maximum atomic E-state index is 5.95. The number of likely N-dealkylation sites (tertiary alicyclic amines) is 1. The van der Waals surface area contributed by atoms with Gasteiger partial charge < -0.3 is 4.98 Å². The molecule has 1 fully saturated rings. The lowest BCUT2D eigenvalue weighted by Crippen LogP contribution is -2.32. The van der Waals surface area contributed by atoms with Crippen LogP contribution >= 0.6 is 11.6 Å². The number of para-hydroxylation sites is 2. The van der Waals surface area contributed by atoms with E-state index in [1.807, 2.05) is 18.2 Å². The van der Waals surface area contributed by atoms with Gasteiger partial charge in [-0.25, -0.2) is 4.98 Å². The summed E-state index contributed by atoms with van der Waals surface area (Å²) in [5, 5.41) is 0.803. The molecule has 0 atom stereocenters. The fourth-order valence-electron chi connectivity index (χ4n) is 3.38. The number of hydrogen-bond donors (Lipinski definition) is 1. The molecule has 2 aromatic carbocycles. The average molecular weight is 326 g/mol. The molecule has 1 aliphatic rings. The van der Waals surface area contributed by atoms with E-state index in [4.69, 9.17) is 16.6 Å². The Morgan fingerprint density at radius 3 is 2.52 bits per heavy atom. The molecule has 0 spiro atoms. The van der Waals surface area contributed by atoms with Gasteiger partial charge in [-0.1, -0.05) is 35.9 Å². The van der Waals surface area contributed by atoms with Crippen LogP contribution < -0.4 is 0 Å². The lowest BCUT2D eigenvalue weighted by molar-refractivity contribution is 0.202. The summed E-state index contributed by atoms with van der Waals surface area (Å²) < 4.78 is 0. The largest absolute Gasteiger partial charge is 0.342 e. The van der Waals surface area contributed by atoms with Crippen molar-refractivity contribution < 1.29 is 0 Å². The number of hydrogen-bond acceptors (Lipinski definition) is 2. The minimum absolute atomic E-state index is 0.545. The Kier molecular flexibility index (Phi) is 4.06. The van der Waals surface area contributed by atoms with Crippen LogP contribution in [-0.2, 0) is 6.54 Å². The minimum Gasteiger partial charge on any atom is -0.342 e. The molecule has 0 unspecified atom stereocenters. The number of halogens is 1. The van der Waals surface area contributed by atoms with Gasteiger partial charge in [0.05, 0.1) is 11.0 Å². The average Bonchev–Trinajstić information content (AvgIpc) is 3.02. The zero-order valence-corrected chi connectivity index (χ0v) is 13.8. The third-order valence-corrected chi connectivity index (χ3v) is 4.95. The first-order valence-corrected chi connectivity index (χ1v) is 8.57. The Labute approximate surface area is 141 Å². The number of H-pyrrole nitrogens is 1. The maximum absolute atomic E-state index is 5.95. The molecule has 0 amide bonds. The van der Waals surface area contributed by atoms with E-state index in [2.05, 4.69) is 40.2 Å². The van der Waals surface area contributed by atoms with Crippen LogP contribution in [0.3, 0.4) is 0 Å². The molecule has 1 aromatic heterocycles. The lowest BCUT2D eigenvalue weighted by Gasteiger charge is -2.31. The van der Waals surface area contributed by atoms with Crippen molar-refractivity contribution >= 4 is 22.6 Å². The number of nitrogens with zero attached hydrogens (tertiary/aromatic N) is 2. The van der Waals surface area contributed by atoms with Gasteiger partial charge in [0.15, 0.2) is 0 Å². The van der Waals surface area contributed by atoms with Crippen LogP contribution in [0.5, 0.6) is 0 Å². The number of imidazole rings is 1. The molecule has 3 nitrogen and oxygen atoms in total. The van der Waals surface area contributed by atoms with Crippen molar-refractivity contribution in [3.8, 4) is 0 Å². The molecule has 2 heterocycles. The maximum Gasteiger partial charge on any atom is 0.110 e. The van der Waals surface area contributed by atoms with E-state index in [9.17, 15) is 0 Å². The zero-order valence-electron chi connectivity index (χ0n) is 13.0. The van der Waals surface area contributed by atoms with E-state index in [-0.39, 0.29) is 0 Å². The second-order valence-electron chi connectivity index (χ2n) is 6.32. The highest BCUT2D eigenvalue weighted by Crippen LogP contribution is 2.28. The molecule has 0 bridgehead atoms. The third kappa shape index (κ3) is 3.26. The van der Waals surface area contributed by atoms with Crippen LogP contribution in [0.4, 0.5) is 0 Å². The van der Waals surface area contributed by atoms with Crippen molar-refractivity contribution in [2.75, 3.05) is 13.1 Å². The molecule has 4 rings (SSSR count). The predicted molar refractivity (Wildman–Crippen MR) is 94.8 cm³/mol. The fourth-order valence-corrected chi connectivity index (χ4v) is 3.50. The highest BCUT2D eigenvalue weighted by atomic mass is 35.5. The number of aromatic amines is 1. The highest BCUT2D eigenvalue weighted by molar-refractivity contribution is 6.30. The van der Waals surface area contributed by atoms with Crippen molar-refractivity contribution in [3.63, 3.8) is 0 Å². The van der Waals surface area contributed by atoms with Gasteiger partial charge in [-0.3, -0.25) is 4.90 Å². The van der Waals surface area contributed by atoms with E-state index in [1.165, 1.54) is 5.56 Å². The Morgan fingerprint density at radius 2 is 1.78 bits per heavy atom. The monoisotopic (exact) mass is 325 g/mol. The molecule has 1 aliphatic heterocycles.